The summed E-state index contributed by atoms with van der Waals surface area (Å²) < 4.78 is 0. The summed E-state index contributed by atoms with van der Waals surface area (Å²) in [6.45, 7) is 1.97. The number of hydrogen-bond acceptors (Lipinski definition) is 1. The summed E-state index contributed by atoms with van der Waals surface area (Å²) in [6, 6.07) is 0. The maximum Gasteiger partial charge on any atom is 0.00682 e. The van der Waals surface area contributed by atoms with Crippen LogP contribution in [0.25, 0.3) is 0 Å². The minimum atomic E-state index is 1.47. The molecule has 0 amide bonds. The second-order valence-corrected chi connectivity index (χ2v) is 1.24. The predicted octanol–water partition coefficient (Wildman–Crippen LogP) is 2.04. The molecule has 0 bridgehead atoms. The smallest absolute Gasteiger partial charge is 0.00682 e. The molecule has 0 rings (SSSR count). The van der Waals surface area contributed by atoms with Gasteiger partial charge in [0.1, 0.15) is 0 Å². The normalized spacial score (nSPS) is 10.0. The van der Waals surface area contributed by atoms with Crippen molar-refractivity contribution in [3.63, 3.8) is 0 Å². The highest BCUT2D eigenvalue weighted by Crippen LogP contribution is 1.93. The van der Waals surface area contributed by atoms with Crippen LogP contribution in [0.1, 0.15) is 6.92 Å². The second-order valence-electron chi connectivity index (χ2n) is 0.636. The molecule has 29 valence electrons. The van der Waals surface area contributed by atoms with Gasteiger partial charge >= 0.3 is 0 Å². The molecule has 5 heavy (non-hydrogen) atoms. The molecule has 0 aromatic heterocycles. The molecule has 0 fully saturated rings. The van der Waals surface area contributed by atoms with Crippen molar-refractivity contribution in [2.45, 2.75) is 6.92 Å². The molecule has 0 heterocycles. The third-order valence-corrected chi connectivity index (χ3v) is 0.697. The van der Waals surface area contributed by atoms with Gasteiger partial charge in [0, 0.05) is 6.26 Å². The molecule has 0 saturated heterocycles. The van der Waals surface area contributed by atoms with Crippen LogP contribution in [0, 0.1) is 6.26 Å². The Morgan fingerprint density at radius 2 is 2.40 bits per heavy atom. The standard InChI is InChI=1S/C4H7S/c1-3-4-5-2/h3-4H,2H2,1H3/b4-3-. The van der Waals surface area contributed by atoms with Gasteiger partial charge in [0.2, 0.25) is 0 Å². The highest BCUT2D eigenvalue weighted by atomic mass is 32.2. The van der Waals surface area contributed by atoms with Crippen molar-refractivity contribution in [2.24, 2.45) is 0 Å². The molecule has 0 unspecified atom stereocenters. The summed E-state index contributed by atoms with van der Waals surface area (Å²) >= 11 is 1.47. The molecule has 0 nitrogen and oxygen atoms in total. The number of allylic oxidation sites excluding steroid dienone is 1. The van der Waals surface area contributed by atoms with Gasteiger partial charge in [-0.1, -0.05) is 6.08 Å². The molecule has 0 aliphatic rings. The van der Waals surface area contributed by atoms with Gasteiger partial charge in [-0.05, 0) is 12.3 Å². The monoisotopic (exact) mass is 87.0 g/mol. The van der Waals surface area contributed by atoms with Crippen LogP contribution in [0.4, 0.5) is 0 Å². The van der Waals surface area contributed by atoms with E-state index in [2.05, 4.69) is 6.26 Å². The third-order valence-electron chi connectivity index (χ3n) is 0.232. The van der Waals surface area contributed by atoms with Crippen molar-refractivity contribution in [1.82, 2.24) is 0 Å². The minimum absolute atomic E-state index is 1.47. The van der Waals surface area contributed by atoms with Crippen LogP contribution in [-0.4, -0.2) is 0 Å². The predicted molar refractivity (Wildman–Crippen MR) is 27.8 cm³/mol. The highest BCUT2D eigenvalue weighted by molar-refractivity contribution is 8.03. The van der Waals surface area contributed by atoms with E-state index in [-0.39, 0.29) is 0 Å². The van der Waals surface area contributed by atoms with Gasteiger partial charge in [0.25, 0.3) is 0 Å². The van der Waals surface area contributed by atoms with Crippen LogP contribution >= 0.6 is 11.8 Å². The van der Waals surface area contributed by atoms with Crippen molar-refractivity contribution in [1.29, 1.82) is 0 Å². The van der Waals surface area contributed by atoms with Crippen LogP contribution in [0.3, 0.4) is 0 Å². The van der Waals surface area contributed by atoms with Crippen LogP contribution in [0.2, 0.25) is 0 Å². The topological polar surface area (TPSA) is 0 Å². The number of thioether (sulfide) groups is 1. The Balaban J connectivity index is 2.62. The van der Waals surface area contributed by atoms with Gasteiger partial charge in [0.15, 0.2) is 0 Å². The molecule has 0 N–H and O–H groups in total. The average Bonchev–Trinajstić information content (AvgIpc) is 1.41. The third kappa shape index (κ3) is 4.09. The summed E-state index contributed by atoms with van der Waals surface area (Å²) in [7, 11) is 0. The van der Waals surface area contributed by atoms with Crippen molar-refractivity contribution in [2.75, 3.05) is 0 Å². The Hall–Kier alpha value is 0.0900. The molecular weight excluding hydrogens is 80.1 g/mol. The lowest BCUT2D eigenvalue weighted by Gasteiger charge is -1.65. The summed E-state index contributed by atoms with van der Waals surface area (Å²) in [6.07, 6.45) is 5.46. The lowest BCUT2D eigenvalue weighted by Crippen LogP contribution is -1.30. The van der Waals surface area contributed by atoms with E-state index in [1.807, 2.05) is 18.4 Å². The van der Waals surface area contributed by atoms with E-state index in [1.54, 1.807) is 0 Å². The summed E-state index contributed by atoms with van der Waals surface area (Å²) in [4.78, 5) is 0. The fraction of sp³-hybridized carbons (Fsp3) is 0.250. The molecular formula is C4H7S. The average molecular weight is 87.2 g/mol. The Labute approximate surface area is 37.3 Å². The first kappa shape index (κ1) is 5.09. The maximum absolute atomic E-state index is 3.51. The van der Waals surface area contributed by atoms with Crippen LogP contribution in [-0.2, 0) is 0 Å². The summed E-state index contributed by atoms with van der Waals surface area (Å²) in [5.74, 6) is 0. The van der Waals surface area contributed by atoms with Crippen LogP contribution in [0.15, 0.2) is 11.5 Å². The molecule has 0 aliphatic heterocycles. The van der Waals surface area contributed by atoms with Crippen LogP contribution in [0.5, 0.6) is 0 Å². The fourth-order valence-corrected chi connectivity index (χ4v) is 0.289. The fourth-order valence-electron chi connectivity index (χ4n) is 0.0962. The summed E-state index contributed by atoms with van der Waals surface area (Å²) in [5, 5.41) is 1.93. The van der Waals surface area contributed by atoms with Crippen molar-refractivity contribution >= 4 is 11.8 Å². The zero-order valence-electron chi connectivity index (χ0n) is 3.27. The first-order chi connectivity index (χ1) is 2.41. The van der Waals surface area contributed by atoms with Crippen LogP contribution < -0.4 is 0 Å². The Kier molecular flexibility index (Phi) is 4.16. The van der Waals surface area contributed by atoms with Gasteiger partial charge in [-0.3, -0.25) is 0 Å². The minimum Gasteiger partial charge on any atom is -0.134 e. The highest BCUT2D eigenvalue weighted by Gasteiger charge is 1.51. The molecule has 0 atom stereocenters. The Bertz CT molecular complexity index is 30.6. The molecule has 1 radical (unpaired) electrons. The van der Waals surface area contributed by atoms with Gasteiger partial charge < -0.3 is 0 Å². The molecule has 0 aliphatic carbocycles. The zero-order valence-corrected chi connectivity index (χ0v) is 4.09. The van der Waals surface area contributed by atoms with Crippen molar-refractivity contribution < 1.29 is 0 Å². The molecule has 0 spiro atoms. The van der Waals surface area contributed by atoms with Crippen molar-refractivity contribution in [3.8, 4) is 0 Å². The molecule has 1 heteroatoms. The number of rotatable bonds is 1. The maximum atomic E-state index is 3.51. The zero-order chi connectivity index (χ0) is 4.12. The Morgan fingerprint density at radius 1 is 1.80 bits per heavy atom. The lowest BCUT2D eigenvalue weighted by molar-refractivity contribution is 1.79. The summed E-state index contributed by atoms with van der Waals surface area (Å²) in [5.41, 5.74) is 0. The largest absolute Gasteiger partial charge is 0.134 e. The van der Waals surface area contributed by atoms with E-state index in [0.717, 1.165) is 0 Å². The molecule has 0 saturated carbocycles. The van der Waals surface area contributed by atoms with Gasteiger partial charge in [-0.15, -0.1) is 11.8 Å². The van der Waals surface area contributed by atoms with E-state index in [0.29, 0.717) is 0 Å². The molecule has 0 aromatic carbocycles. The lowest BCUT2D eigenvalue weighted by atomic mass is 10.8. The SMILES string of the molecule is [CH2]S/C=C\C. The van der Waals surface area contributed by atoms with E-state index in [4.69, 9.17) is 0 Å². The first-order valence-corrected chi connectivity index (χ1v) is 2.48. The van der Waals surface area contributed by atoms with E-state index < -0.39 is 0 Å². The van der Waals surface area contributed by atoms with Gasteiger partial charge in [-0.25, -0.2) is 0 Å². The van der Waals surface area contributed by atoms with E-state index >= 15 is 0 Å². The van der Waals surface area contributed by atoms with E-state index in [1.165, 1.54) is 11.8 Å². The van der Waals surface area contributed by atoms with Gasteiger partial charge in [0.05, 0.1) is 0 Å². The van der Waals surface area contributed by atoms with Gasteiger partial charge in [-0.2, -0.15) is 0 Å². The second kappa shape index (κ2) is 4.09. The molecule has 0 aromatic rings. The number of hydrogen-bond donors (Lipinski definition) is 0. The quantitative estimate of drug-likeness (QED) is 0.471. The van der Waals surface area contributed by atoms with E-state index in [9.17, 15) is 0 Å². The van der Waals surface area contributed by atoms with Crippen molar-refractivity contribution in [3.05, 3.63) is 17.7 Å². The Morgan fingerprint density at radius 3 is 2.40 bits per heavy atom. The first-order valence-electron chi connectivity index (χ1n) is 1.44.